The van der Waals surface area contributed by atoms with Crippen molar-refractivity contribution in [2.24, 2.45) is 0 Å². The number of hydrogen-bond acceptors (Lipinski definition) is 4. The molecule has 0 bridgehead atoms. The summed E-state index contributed by atoms with van der Waals surface area (Å²) in [4.78, 5) is 24.3. The minimum absolute atomic E-state index is 0.0592. The van der Waals surface area contributed by atoms with Crippen molar-refractivity contribution < 1.29 is 18.0 Å². The largest absolute Gasteiger partial charge is 0.341 e. The first kappa shape index (κ1) is 14.7. The third-order valence-corrected chi connectivity index (χ3v) is 4.57. The Morgan fingerprint density at radius 1 is 1.15 bits per heavy atom. The van der Waals surface area contributed by atoms with Crippen molar-refractivity contribution in [3.63, 3.8) is 0 Å². The van der Waals surface area contributed by atoms with Gasteiger partial charge in [0.05, 0.1) is 11.3 Å². The van der Waals surface area contributed by atoms with E-state index in [1.807, 2.05) is 0 Å². The summed E-state index contributed by atoms with van der Waals surface area (Å²) < 4.78 is 26.3. The molecule has 1 heterocycles. The van der Waals surface area contributed by atoms with Gasteiger partial charge in [-0.3, -0.25) is 9.59 Å². The van der Waals surface area contributed by atoms with Crippen LogP contribution in [0.15, 0.2) is 35.2 Å². The van der Waals surface area contributed by atoms with Gasteiger partial charge in [-0.2, -0.15) is 0 Å². The highest BCUT2D eigenvalue weighted by Gasteiger charge is 2.23. The first-order valence-electron chi connectivity index (χ1n) is 6.33. The molecule has 0 saturated carbocycles. The summed E-state index contributed by atoms with van der Waals surface area (Å²) in [7, 11) is -3.54. The van der Waals surface area contributed by atoms with Gasteiger partial charge in [0.25, 0.3) is 0 Å². The normalized spacial score (nSPS) is 16.5. The molecule has 108 valence electrons. The Labute approximate surface area is 117 Å². The number of amides is 1. The van der Waals surface area contributed by atoms with Crippen molar-refractivity contribution in [1.29, 1.82) is 0 Å². The Morgan fingerprint density at radius 3 is 2.50 bits per heavy atom. The molecule has 1 amide bonds. The van der Waals surface area contributed by atoms with Crippen molar-refractivity contribution in [2.45, 2.75) is 17.7 Å². The molecule has 0 aliphatic carbocycles. The molecule has 6 nitrogen and oxygen atoms in total. The van der Waals surface area contributed by atoms with Crippen LogP contribution < -0.4 is 4.72 Å². The number of ketones is 1. The predicted molar refractivity (Wildman–Crippen MR) is 72.5 cm³/mol. The molecule has 20 heavy (non-hydrogen) atoms. The molecule has 1 aliphatic rings. The van der Waals surface area contributed by atoms with Gasteiger partial charge in [-0.25, -0.2) is 13.1 Å². The summed E-state index contributed by atoms with van der Waals surface area (Å²) in [5.74, 6) is -0.295. The number of hydrogen-bond donors (Lipinski definition) is 1. The fourth-order valence-corrected chi connectivity index (χ4v) is 3.03. The van der Waals surface area contributed by atoms with Gasteiger partial charge in [-0.1, -0.05) is 18.2 Å². The van der Waals surface area contributed by atoms with E-state index in [2.05, 4.69) is 4.72 Å². The lowest BCUT2D eigenvalue weighted by Crippen LogP contribution is -2.43. The summed E-state index contributed by atoms with van der Waals surface area (Å²) in [6.45, 7) is 0.778. The number of nitrogens with zero attached hydrogens (tertiary/aromatic N) is 1. The maximum atomic E-state index is 11.9. The molecule has 0 atom stereocenters. The SMILES string of the molecule is O=C1CCN(CCNS(=O)(=O)c2ccccc2)C(=O)C1. The lowest BCUT2D eigenvalue weighted by Gasteiger charge is -2.26. The summed E-state index contributed by atoms with van der Waals surface area (Å²) in [6.07, 6.45) is 0.266. The number of piperidine rings is 1. The first-order chi connectivity index (χ1) is 9.49. The van der Waals surface area contributed by atoms with Gasteiger partial charge in [0, 0.05) is 26.1 Å². The van der Waals surface area contributed by atoms with Crippen molar-refractivity contribution in [3.05, 3.63) is 30.3 Å². The number of carbonyl (C=O) groups is 2. The maximum absolute atomic E-state index is 11.9. The minimum Gasteiger partial charge on any atom is -0.341 e. The summed E-state index contributed by atoms with van der Waals surface area (Å²) in [5, 5.41) is 0. The molecule has 1 aromatic carbocycles. The van der Waals surface area contributed by atoms with E-state index in [9.17, 15) is 18.0 Å². The van der Waals surface area contributed by atoms with E-state index < -0.39 is 10.0 Å². The van der Waals surface area contributed by atoms with Crippen molar-refractivity contribution in [1.82, 2.24) is 9.62 Å². The molecule has 2 rings (SSSR count). The Morgan fingerprint density at radius 2 is 1.85 bits per heavy atom. The van der Waals surface area contributed by atoms with Crippen LogP contribution >= 0.6 is 0 Å². The number of sulfonamides is 1. The van der Waals surface area contributed by atoms with Gasteiger partial charge in [0.2, 0.25) is 15.9 Å². The van der Waals surface area contributed by atoms with Crippen LogP contribution in [0.3, 0.4) is 0 Å². The van der Waals surface area contributed by atoms with Crippen LogP contribution in [0.1, 0.15) is 12.8 Å². The molecule has 0 spiro atoms. The average Bonchev–Trinajstić information content (AvgIpc) is 2.42. The minimum atomic E-state index is -3.54. The topological polar surface area (TPSA) is 83.6 Å². The van der Waals surface area contributed by atoms with Gasteiger partial charge in [-0.15, -0.1) is 0 Å². The molecule has 1 aromatic rings. The van der Waals surface area contributed by atoms with Gasteiger partial charge in [0.1, 0.15) is 5.78 Å². The molecule has 0 aromatic heterocycles. The Balaban J connectivity index is 1.87. The van der Waals surface area contributed by atoms with E-state index in [0.717, 1.165) is 0 Å². The second kappa shape index (κ2) is 6.15. The number of rotatable bonds is 5. The van der Waals surface area contributed by atoms with Crippen LogP contribution in [0, 0.1) is 0 Å². The molecule has 7 heteroatoms. The second-order valence-corrected chi connectivity index (χ2v) is 6.32. The van der Waals surface area contributed by atoms with Crippen molar-refractivity contribution in [3.8, 4) is 0 Å². The third-order valence-electron chi connectivity index (χ3n) is 3.09. The van der Waals surface area contributed by atoms with Crippen LogP contribution in [-0.2, 0) is 19.6 Å². The molecule has 0 unspecified atom stereocenters. The Kier molecular flexibility index (Phi) is 4.51. The van der Waals surface area contributed by atoms with E-state index in [1.165, 1.54) is 17.0 Å². The number of carbonyl (C=O) groups excluding carboxylic acids is 2. The van der Waals surface area contributed by atoms with E-state index in [4.69, 9.17) is 0 Å². The molecular formula is C13H16N2O4S. The van der Waals surface area contributed by atoms with Crippen LogP contribution in [-0.4, -0.2) is 44.6 Å². The number of nitrogens with one attached hydrogen (secondary N) is 1. The number of benzene rings is 1. The zero-order valence-electron chi connectivity index (χ0n) is 10.9. The summed E-state index contributed by atoms with van der Waals surface area (Å²) in [5.41, 5.74) is 0. The van der Waals surface area contributed by atoms with Crippen LogP contribution in [0.2, 0.25) is 0 Å². The van der Waals surface area contributed by atoms with Gasteiger partial charge in [0.15, 0.2) is 0 Å². The Bertz CT molecular complexity index is 598. The van der Waals surface area contributed by atoms with E-state index in [-0.39, 0.29) is 36.1 Å². The Hall–Kier alpha value is -1.73. The predicted octanol–water partition coefficient (Wildman–Crippen LogP) is 0.156. The van der Waals surface area contributed by atoms with Gasteiger partial charge < -0.3 is 4.90 Å². The monoisotopic (exact) mass is 296 g/mol. The lowest BCUT2D eigenvalue weighted by atomic mass is 10.1. The second-order valence-electron chi connectivity index (χ2n) is 4.56. The highest BCUT2D eigenvalue weighted by Crippen LogP contribution is 2.08. The molecular weight excluding hydrogens is 280 g/mol. The quantitative estimate of drug-likeness (QED) is 0.784. The van der Waals surface area contributed by atoms with Crippen LogP contribution in [0.4, 0.5) is 0 Å². The van der Waals surface area contributed by atoms with E-state index in [1.54, 1.807) is 18.2 Å². The molecule has 1 aliphatic heterocycles. The lowest BCUT2D eigenvalue weighted by molar-refractivity contribution is -0.139. The van der Waals surface area contributed by atoms with Gasteiger partial charge >= 0.3 is 0 Å². The van der Waals surface area contributed by atoms with E-state index in [0.29, 0.717) is 13.0 Å². The van der Waals surface area contributed by atoms with Crippen molar-refractivity contribution >= 4 is 21.7 Å². The first-order valence-corrected chi connectivity index (χ1v) is 7.81. The summed E-state index contributed by atoms with van der Waals surface area (Å²) in [6, 6.07) is 8.05. The summed E-state index contributed by atoms with van der Waals surface area (Å²) >= 11 is 0. The molecule has 0 radical (unpaired) electrons. The molecule has 1 fully saturated rings. The van der Waals surface area contributed by atoms with Crippen molar-refractivity contribution in [2.75, 3.05) is 19.6 Å². The number of likely N-dealkylation sites (tertiary alicyclic amines) is 1. The van der Waals surface area contributed by atoms with Gasteiger partial charge in [-0.05, 0) is 12.1 Å². The zero-order valence-corrected chi connectivity index (χ0v) is 11.7. The smallest absolute Gasteiger partial charge is 0.240 e. The highest BCUT2D eigenvalue weighted by molar-refractivity contribution is 7.89. The molecule has 1 saturated heterocycles. The fourth-order valence-electron chi connectivity index (χ4n) is 1.99. The maximum Gasteiger partial charge on any atom is 0.240 e. The zero-order chi connectivity index (χ0) is 14.6. The van der Waals surface area contributed by atoms with Crippen LogP contribution in [0.5, 0.6) is 0 Å². The fraction of sp³-hybridized carbons (Fsp3) is 0.385. The molecule has 1 N–H and O–H groups in total. The highest BCUT2D eigenvalue weighted by atomic mass is 32.2. The number of Topliss-reactive ketones (excluding diaryl/α,β-unsaturated/α-hetero) is 1. The third kappa shape index (κ3) is 3.64. The van der Waals surface area contributed by atoms with Crippen LogP contribution in [0.25, 0.3) is 0 Å². The van der Waals surface area contributed by atoms with E-state index >= 15 is 0 Å². The average molecular weight is 296 g/mol. The standard InChI is InChI=1S/C13H16N2O4S/c16-11-6-8-15(13(17)10-11)9-7-14-20(18,19)12-4-2-1-3-5-12/h1-5,14H,6-10H2.